The second-order valence-electron chi connectivity index (χ2n) is 3.57. The standard InChI is InChI=1S/C13H12F3NO2/c14-10-5-4-9(3-1-2-6-18)11(7-10)13(19)17-8-12(15)16/h4-5,7,12,18H,2,6,8H2,(H,17,19). The van der Waals surface area contributed by atoms with Crippen molar-refractivity contribution in [2.75, 3.05) is 13.2 Å². The van der Waals surface area contributed by atoms with E-state index in [1.807, 2.05) is 5.32 Å². The number of alkyl halides is 2. The Morgan fingerprint density at radius 3 is 2.79 bits per heavy atom. The predicted molar refractivity (Wildman–Crippen MR) is 63.3 cm³/mol. The molecule has 0 unspecified atom stereocenters. The number of aliphatic hydroxyl groups is 1. The maximum atomic E-state index is 13.1. The third-order valence-electron chi connectivity index (χ3n) is 2.10. The summed E-state index contributed by atoms with van der Waals surface area (Å²) < 4.78 is 37.1. The molecule has 6 heteroatoms. The van der Waals surface area contributed by atoms with Crippen molar-refractivity contribution in [1.82, 2.24) is 5.32 Å². The lowest BCUT2D eigenvalue weighted by Crippen LogP contribution is -2.29. The summed E-state index contributed by atoms with van der Waals surface area (Å²) in [7, 11) is 0. The third kappa shape index (κ3) is 5.02. The van der Waals surface area contributed by atoms with E-state index in [2.05, 4.69) is 11.8 Å². The highest BCUT2D eigenvalue weighted by Crippen LogP contribution is 2.10. The first-order chi connectivity index (χ1) is 9.04. The van der Waals surface area contributed by atoms with Crippen molar-refractivity contribution in [2.45, 2.75) is 12.8 Å². The molecule has 1 amide bonds. The van der Waals surface area contributed by atoms with Gasteiger partial charge in [-0.2, -0.15) is 0 Å². The Hall–Kier alpha value is -2.00. The highest BCUT2D eigenvalue weighted by Gasteiger charge is 2.13. The van der Waals surface area contributed by atoms with Crippen molar-refractivity contribution < 1.29 is 23.1 Å². The molecule has 0 aliphatic heterocycles. The minimum atomic E-state index is -2.68. The summed E-state index contributed by atoms with van der Waals surface area (Å²) in [4.78, 5) is 11.6. The summed E-state index contributed by atoms with van der Waals surface area (Å²) in [5.74, 6) is 3.70. The van der Waals surface area contributed by atoms with Crippen LogP contribution in [0.15, 0.2) is 18.2 Å². The van der Waals surface area contributed by atoms with Gasteiger partial charge >= 0.3 is 0 Å². The van der Waals surface area contributed by atoms with Crippen molar-refractivity contribution in [3.05, 3.63) is 35.1 Å². The second-order valence-corrected chi connectivity index (χ2v) is 3.57. The molecule has 0 saturated heterocycles. The van der Waals surface area contributed by atoms with Crippen LogP contribution in [0.2, 0.25) is 0 Å². The SMILES string of the molecule is O=C(NCC(F)F)c1cc(F)ccc1C#CCCO. The van der Waals surface area contributed by atoms with Gasteiger partial charge in [-0.15, -0.1) is 0 Å². The fraction of sp³-hybridized carbons (Fsp3) is 0.308. The minimum absolute atomic E-state index is 0.105. The van der Waals surface area contributed by atoms with Gasteiger partial charge in [0.05, 0.1) is 18.7 Å². The molecule has 2 N–H and O–H groups in total. The number of carbonyl (C=O) groups excluding carboxylic acids is 1. The first kappa shape index (κ1) is 15.1. The van der Waals surface area contributed by atoms with Gasteiger partial charge in [0.2, 0.25) is 0 Å². The molecule has 1 rings (SSSR count). The Morgan fingerprint density at radius 1 is 1.42 bits per heavy atom. The Labute approximate surface area is 108 Å². The van der Waals surface area contributed by atoms with Crippen molar-refractivity contribution >= 4 is 5.91 Å². The highest BCUT2D eigenvalue weighted by atomic mass is 19.3. The summed E-state index contributed by atoms with van der Waals surface area (Å²) in [6, 6.07) is 3.34. The van der Waals surface area contributed by atoms with Gasteiger partial charge in [-0.05, 0) is 18.2 Å². The van der Waals surface area contributed by atoms with Gasteiger partial charge in [0.15, 0.2) is 0 Å². The van der Waals surface area contributed by atoms with Crippen LogP contribution in [0.5, 0.6) is 0 Å². The van der Waals surface area contributed by atoms with Crippen LogP contribution in [0.1, 0.15) is 22.3 Å². The van der Waals surface area contributed by atoms with Crippen LogP contribution < -0.4 is 5.32 Å². The molecule has 0 spiro atoms. The van der Waals surface area contributed by atoms with Gasteiger partial charge in [0.25, 0.3) is 12.3 Å². The molecule has 0 atom stereocenters. The van der Waals surface area contributed by atoms with E-state index in [0.29, 0.717) is 0 Å². The first-order valence-corrected chi connectivity index (χ1v) is 5.50. The number of amides is 1. The zero-order chi connectivity index (χ0) is 14.3. The zero-order valence-electron chi connectivity index (χ0n) is 9.92. The molecule has 0 saturated carbocycles. The summed E-state index contributed by atoms with van der Waals surface area (Å²) in [6.07, 6.45) is -2.48. The van der Waals surface area contributed by atoms with E-state index in [1.54, 1.807) is 0 Å². The molecular formula is C13H12F3NO2. The Morgan fingerprint density at radius 2 is 2.16 bits per heavy atom. The molecule has 0 aromatic heterocycles. The van der Waals surface area contributed by atoms with Crippen LogP contribution >= 0.6 is 0 Å². The quantitative estimate of drug-likeness (QED) is 0.816. The molecule has 1 aromatic carbocycles. The topological polar surface area (TPSA) is 49.3 Å². The smallest absolute Gasteiger partial charge is 0.255 e. The van der Waals surface area contributed by atoms with Gasteiger partial charge in [0, 0.05) is 12.0 Å². The van der Waals surface area contributed by atoms with Crippen LogP contribution in [0.4, 0.5) is 13.2 Å². The second kappa shape index (κ2) is 7.44. The molecule has 3 nitrogen and oxygen atoms in total. The van der Waals surface area contributed by atoms with Gasteiger partial charge < -0.3 is 10.4 Å². The van der Waals surface area contributed by atoms with E-state index in [0.717, 1.165) is 12.1 Å². The monoisotopic (exact) mass is 271 g/mol. The van der Waals surface area contributed by atoms with Crippen molar-refractivity contribution in [1.29, 1.82) is 0 Å². The predicted octanol–water partition coefficient (Wildman–Crippen LogP) is 1.55. The summed E-state index contributed by atoms with van der Waals surface area (Å²) in [6.45, 7) is -0.944. The van der Waals surface area contributed by atoms with E-state index >= 15 is 0 Å². The summed E-state index contributed by atoms with van der Waals surface area (Å²) in [5.41, 5.74) is 0.118. The molecule has 102 valence electrons. The number of hydrogen-bond donors (Lipinski definition) is 2. The molecule has 1 aromatic rings. The number of aliphatic hydroxyl groups excluding tert-OH is 1. The van der Waals surface area contributed by atoms with Crippen LogP contribution in [-0.2, 0) is 0 Å². The average Bonchev–Trinajstić information content (AvgIpc) is 2.37. The lowest BCUT2D eigenvalue weighted by molar-refractivity contribution is 0.0891. The first-order valence-electron chi connectivity index (χ1n) is 5.50. The van der Waals surface area contributed by atoms with Crippen molar-refractivity contribution in [3.63, 3.8) is 0 Å². The molecule has 0 aliphatic rings. The zero-order valence-corrected chi connectivity index (χ0v) is 9.92. The maximum Gasteiger partial charge on any atom is 0.255 e. The minimum Gasteiger partial charge on any atom is -0.395 e. The van der Waals surface area contributed by atoms with Gasteiger partial charge in [-0.1, -0.05) is 11.8 Å². The van der Waals surface area contributed by atoms with Gasteiger partial charge in [0.1, 0.15) is 5.82 Å². The highest BCUT2D eigenvalue weighted by molar-refractivity contribution is 5.96. The largest absolute Gasteiger partial charge is 0.395 e. The normalized spacial score (nSPS) is 9.95. The van der Waals surface area contributed by atoms with Crippen LogP contribution in [0.3, 0.4) is 0 Å². The van der Waals surface area contributed by atoms with Crippen molar-refractivity contribution in [2.24, 2.45) is 0 Å². The van der Waals surface area contributed by atoms with E-state index < -0.39 is 24.7 Å². The number of carbonyl (C=O) groups is 1. The summed E-state index contributed by atoms with van der Waals surface area (Å²) in [5, 5.41) is 10.6. The number of benzene rings is 1. The number of rotatable bonds is 4. The average molecular weight is 271 g/mol. The Kier molecular flexibility index (Phi) is 5.90. The Balaban J connectivity index is 2.94. The lowest BCUT2D eigenvalue weighted by Gasteiger charge is -2.06. The van der Waals surface area contributed by atoms with Gasteiger partial charge in [-0.25, -0.2) is 13.2 Å². The maximum absolute atomic E-state index is 13.1. The molecule has 0 fully saturated rings. The lowest BCUT2D eigenvalue weighted by atomic mass is 10.1. The van der Waals surface area contributed by atoms with E-state index in [1.165, 1.54) is 6.07 Å². The molecule has 0 bridgehead atoms. The fourth-order valence-corrected chi connectivity index (χ4v) is 1.29. The van der Waals surface area contributed by atoms with E-state index in [9.17, 15) is 18.0 Å². The van der Waals surface area contributed by atoms with Crippen LogP contribution in [0.25, 0.3) is 0 Å². The summed E-state index contributed by atoms with van der Waals surface area (Å²) >= 11 is 0. The Bertz CT molecular complexity index is 506. The molecule has 0 radical (unpaired) electrons. The van der Waals surface area contributed by atoms with Gasteiger partial charge in [-0.3, -0.25) is 4.79 Å². The molecule has 19 heavy (non-hydrogen) atoms. The fourth-order valence-electron chi connectivity index (χ4n) is 1.29. The van der Waals surface area contributed by atoms with Crippen LogP contribution in [-0.4, -0.2) is 30.6 Å². The molecular weight excluding hydrogens is 259 g/mol. The van der Waals surface area contributed by atoms with E-state index in [-0.39, 0.29) is 24.2 Å². The molecule has 0 aliphatic carbocycles. The number of nitrogens with one attached hydrogen (secondary N) is 1. The number of hydrogen-bond acceptors (Lipinski definition) is 2. The van der Waals surface area contributed by atoms with E-state index in [4.69, 9.17) is 5.11 Å². The van der Waals surface area contributed by atoms with Crippen molar-refractivity contribution in [3.8, 4) is 11.8 Å². The number of halogens is 3. The van der Waals surface area contributed by atoms with Crippen LogP contribution in [0, 0.1) is 17.7 Å². The molecule has 0 heterocycles. The third-order valence-corrected chi connectivity index (χ3v) is 2.10.